The van der Waals surface area contributed by atoms with Crippen LogP contribution >= 0.6 is 0 Å². The fraction of sp³-hybridized carbons (Fsp3) is 0.304. The minimum atomic E-state index is -1.23. The number of rotatable bonds is 7. The molecule has 2 heterocycles. The van der Waals surface area contributed by atoms with Crippen molar-refractivity contribution in [2.45, 2.75) is 32.9 Å². The topological polar surface area (TPSA) is 125 Å². The van der Waals surface area contributed by atoms with Gasteiger partial charge in [-0.05, 0) is 43.7 Å². The summed E-state index contributed by atoms with van der Waals surface area (Å²) < 4.78 is 16.1. The van der Waals surface area contributed by atoms with Crippen molar-refractivity contribution in [3.8, 4) is 11.5 Å². The van der Waals surface area contributed by atoms with Crippen LogP contribution in [-0.4, -0.2) is 42.8 Å². The summed E-state index contributed by atoms with van der Waals surface area (Å²) in [6.07, 6.45) is 0. The van der Waals surface area contributed by atoms with E-state index in [1.54, 1.807) is 13.8 Å². The maximum Gasteiger partial charge on any atom is 0.258 e. The first-order chi connectivity index (χ1) is 15.2. The Morgan fingerprint density at radius 3 is 1.59 bits per heavy atom. The van der Waals surface area contributed by atoms with E-state index in [2.05, 4.69) is 0 Å². The zero-order chi connectivity index (χ0) is 23.6. The van der Waals surface area contributed by atoms with Crippen molar-refractivity contribution >= 4 is 0 Å². The van der Waals surface area contributed by atoms with E-state index in [1.165, 1.54) is 33.4 Å². The molecular weight excluding hydrogens is 419 g/mol. The average Bonchev–Trinajstić information content (AvgIpc) is 2.73. The van der Waals surface area contributed by atoms with Gasteiger partial charge in [-0.1, -0.05) is 12.1 Å². The van der Waals surface area contributed by atoms with E-state index in [4.69, 9.17) is 0 Å². The fourth-order valence-corrected chi connectivity index (χ4v) is 3.97. The summed E-state index contributed by atoms with van der Waals surface area (Å²) in [6, 6.07) is 7.70. The molecule has 3 rings (SSSR count). The van der Waals surface area contributed by atoms with Gasteiger partial charge >= 0.3 is 0 Å². The first kappa shape index (κ1) is 23.2. The Balaban J connectivity index is 2.44. The number of aliphatic hydroxyl groups excluding tert-OH is 2. The van der Waals surface area contributed by atoms with E-state index < -0.39 is 34.4 Å². The summed E-state index contributed by atoms with van der Waals surface area (Å²) in [6.45, 7) is 2.44. The quantitative estimate of drug-likeness (QED) is 0.436. The summed E-state index contributed by atoms with van der Waals surface area (Å²) in [4.78, 5) is 26.7. The summed E-state index contributed by atoms with van der Waals surface area (Å²) in [5, 5.41) is 40.2. The van der Waals surface area contributed by atoms with Gasteiger partial charge in [0.1, 0.15) is 17.3 Å². The number of aromatic nitrogens is 2. The number of pyridine rings is 2. The molecule has 0 radical (unpaired) electrons. The molecule has 0 unspecified atom stereocenters. The highest BCUT2D eigenvalue weighted by Crippen LogP contribution is 2.37. The lowest BCUT2D eigenvalue weighted by molar-refractivity contribution is 0.272. The van der Waals surface area contributed by atoms with Crippen molar-refractivity contribution in [3.05, 3.63) is 91.0 Å². The lowest BCUT2D eigenvalue weighted by Crippen LogP contribution is -2.33. The van der Waals surface area contributed by atoms with Gasteiger partial charge in [0, 0.05) is 24.5 Å². The number of nitrogens with zero attached hydrogens (tertiary/aromatic N) is 2. The van der Waals surface area contributed by atoms with Crippen LogP contribution in [0.15, 0.2) is 46.0 Å². The Hall–Kier alpha value is -3.43. The van der Waals surface area contributed by atoms with E-state index in [9.17, 15) is 34.4 Å². The zero-order valence-corrected chi connectivity index (χ0v) is 17.7. The molecule has 0 saturated carbocycles. The molecule has 4 N–H and O–H groups in total. The standard InChI is InChI=1S/C23H25FN2O6/c1-13-11-17(29)20(22(31)25(13)7-9-27)19(15-3-5-16(24)6-4-15)21-18(30)12-14(2)26(8-10-28)23(21)32/h3-6,11-12,19,27-30H,7-10H2,1-2H3. The minimum absolute atomic E-state index is 0.0390. The monoisotopic (exact) mass is 444 g/mol. The molecule has 1 aromatic carbocycles. The Kier molecular flexibility index (Phi) is 6.81. The zero-order valence-electron chi connectivity index (χ0n) is 17.7. The molecule has 170 valence electrons. The molecule has 0 spiro atoms. The van der Waals surface area contributed by atoms with Gasteiger partial charge in [-0.25, -0.2) is 4.39 Å². The molecule has 9 heteroatoms. The fourth-order valence-electron chi connectivity index (χ4n) is 3.97. The number of benzene rings is 1. The summed E-state index contributed by atoms with van der Waals surface area (Å²) in [5.74, 6) is -2.57. The summed E-state index contributed by atoms with van der Waals surface area (Å²) in [5.41, 5.74) is -0.601. The predicted molar refractivity (Wildman–Crippen MR) is 116 cm³/mol. The van der Waals surface area contributed by atoms with Gasteiger partial charge in [-0.2, -0.15) is 0 Å². The highest BCUT2D eigenvalue weighted by molar-refractivity contribution is 5.52. The Bertz CT molecular complexity index is 1170. The Morgan fingerprint density at radius 2 is 1.22 bits per heavy atom. The maximum absolute atomic E-state index is 13.6. The third-order valence-electron chi connectivity index (χ3n) is 5.47. The van der Waals surface area contributed by atoms with E-state index in [1.807, 2.05) is 0 Å². The lowest BCUT2D eigenvalue weighted by atomic mass is 9.84. The van der Waals surface area contributed by atoms with Crippen LogP contribution in [0.4, 0.5) is 4.39 Å². The first-order valence-electron chi connectivity index (χ1n) is 10.0. The SMILES string of the molecule is Cc1cc(O)c(C(c2ccc(F)cc2)c2c(O)cc(C)n(CCO)c2=O)c(=O)n1CCO. The molecule has 3 aromatic rings. The highest BCUT2D eigenvalue weighted by Gasteiger charge is 2.31. The van der Waals surface area contributed by atoms with Gasteiger partial charge < -0.3 is 29.6 Å². The second-order valence-corrected chi connectivity index (χ2v) is 7.51. The molecule has 32 heavy (non-hydrogen) atoms. The van der Waals surface area contributed by atoms with Gasteiger partial charge in [0.15, 0.2) is 0 Å². The highest BCUT2D eigenvalue weighted by atomic mass is 19.1. The number of hydrogen-bond donors (Lipinski definition) is 4. The minimum Gasteiger partial charge on any atom is -0.507 e. The number of aliphatic hydroxyl groups is 2. The number of hydrogen-bond acceptors (Lipinski definition) is 6. The van der Waals surface area contributed by atoms with Crippen LogP contribution in [-0.2, 0) is 13.1 Å². The maximum atomic E-state index is 13.6. The van der Waals surface area contributed by atoms with Crippen molar-refractivity contribution < 1.29 is 24.8 Å². The van der Waals surface area contributed by atoms with Crippen LogP contribution in [0.1, 0.15) is 34.0 Å². The third kappa shape index (κ3) is 4.17. The molecule has 8 nitrogen and oxygen atoms in total. The molecule has 0 amide bonds. The van der Waals surface area contributed by atoms with Crippen molar-refractivity contribution in [1.82, 2.24) is 9.13 Å². The largest absolute Gasteiger partial charge is 0.507 e. The van der Waals surface area contributed by atoms with Crippen LogP contribution < -0.4 is 11.1 Å². The normalized spacial score (nSPS) is 11.3. The number of aromatic hydroxyl groups is 2. The number of aryl methyl sites for hydroxylation is 2. The smallest absolute Gasteiger partial charge is 0.258 e. The third-order valence-corrected chi connectivity index (χ3v) is 5.47. The second kappa shape index (κ2) is 9.37. The molecule has 0 fully saturated rings. The van der Waals surface area contributed by atoms with E-state index >= 15 is 0 Å². The molecule has 0 saturated heterocycles. The molecule has 0 aliphatic heterocycles. The van der Waals surface area contributed by atoms with Crippen LogP contribution in [0, 0.1) is 19.7 Å². The summed E-state index contributed by atoms with van der Waals surface area (Å²) >= 11 is 0. The van der Waals surface area contributed by atoms with Crippen molar-refractivity contribution in [2.75, 3.05) is 13.2 Å². The second-order valence-electron chi connectivity index (χ2n) is 7.51. The Labute approximate surface area is 183 Å². The van der Waals surface area contributed by atoms with Gasteiger partial charge in [-0.3, -0.25) is 9.59 Å². The lowest BCUT2D eigenvalue weighted by Gasteiger charge is -2.23. The van der Waals surface area contributed by atoms with E-state index in [-0.39, 0.29) is 37.4 Å². The van der Waals surface area contributed by atoms with Crippen molar-refractivity contribution in [1.29, 1.82) is 0 Å². The molecular formula is C23H25FN2O6. The van der Waals surface area contributed by atoms with E-state index in [0.717, 1.165) is 12.1 Å². The molecule has 2 aromatic heterocycles. The van der Waals surface area contributed by atoms with Crippen LogP contribution in [0.3, 0.4) is 0 Å². The van der Waals surface area contributed by atoms with Gasteiger partial charge in [0.2, 0.25) is 0 Å². The molecule has 0 atom stereocenters. The molecule has 0 aliphatic rings. The first-order valence-corrected chi connectivity index (χ1v) is 10.0. The van der Waals surface area contributed by atoms with Crippen molar-refractivity contribution in [3.63, 3.8) is 0 Å². The van der Waals surface area contributed by atoms with Crippen molar-refractivity contribution in [2.24, 2.45) is 0 Å². The van der Waals surface area contributed by atoms with Crippen LogP contribution in [0.2, 0.25) is 0 Å². The van der Waals surface area contributed by atoms with Crippen LogP contribution in [0.25, 0.3) is 0 Å². The molecule has 0 aliphatic carbocycles. The van der Waals surface area contributed by atoms with E-state index in [0.29, 0.717) is 17.0 Å². The van der Waals surface area contributed by atoms with Crippen LogP contribution in [0.5, 0.6) is 11.5 Å². The average molecular weight is 444 g/mol. The Morgan fingerprint density at radius 1 is 0.812 bits per heavy atom. The van der Waals surface area contributed by atoms with Gasteiger partial charge in [-0.15, -0.1) is 0 Å². The summed E-state index contributed by atoms with van der Waals surface area (Å²) in [7, 11) is 0. The number of halogens is 1. The van der Waals surface area contributed by atoms with Gasteiger partial charge in [0.05, 0.1) is 30.3 Å². The van der Waals surface area contributed by atoms with Gasteiger partial charge in [0.25, 0.3) is 11.1 Å². The molecule has 0 bridgehead atoms. The predicted octanol–water partition coefficient (Wildman–Crippen LogP) is 1.34.